The Kier molecular flexibility index (Phi) is 4.80. The summed E-state index contributed by atoms with van der Waals surface area (Å²) in [6, 6.07) is -0.677. The van der Waals surface area contributed by atoms with Crippen LogP contribution in [0.2, 0.25) is 0 Å². The molecule has 1 N–H and O–H groups in total. The molecule has 2 unspecified atom stereocenters. The molecule has 19 heavy (non-hydrogen) atoms. The second-order valence-corrected chi connectivity index (χ2v) is 5.79. The lowest BCUT2D eigenvalue weighted by Crippen LogP contribution is -2.51. The minimum absolute atomic E-state index is 0.0306. The Morgan fingerprint density at radius 3 is 2.58 bits per heavy atom. The van der Waals surface area contributed by atoms with Gasteiger partial charge in [-0.05, 0) is 31.6 Å². The summed E-state index contributed by atoms with van der Waals surface area (Å²) in [4.78, 5) is 24.8. The van der Waals surface area contributed by atoms with Crippen LogP contribution in [0.4, 0.5) is 0 Å². The Balaban J connectivity index is 1.86. The van der Waals surface area contributed by atoms with E-state index in [-0.39, 0.29) is 18.6 Å². The van der Waals surface area contributed by atoms with Gasteiger partial charge in [0.1, 0.15) is 12.6 Å². The fourth-order valence-corrected chi connectivity index (χ4v) is 3.00. The van der Waals surface area contributed by atoms with Gasteiger partial charge in [-0.1, -0.05) is 19.8 Å². The summed E-state index contributed by atoms with van der Waals surface area (Å²) >= 11 is 0. The van der Waals surface area contributed by atoms with Crippen LogP contribution in [0.25, 0.3) is 0 Å². The lowest BCUT2D eigenvalue weighted by molar-refractivity contribution is -0.155. The molecule has 5 nitrogen and oxygen atoms in total. The summed E-state index contributed by atoms with van der Waals surface area (Å²) in [7, 11) is 0. The fourth-order valence-electron chi connectivity index (χ4n) is 3.00. The third-order valence-electron chi connectivity index (χ3n) is 4.21. The Labute approximate surface area is 113 Å². The van der Waals surface area contributed by atoms with Gasteiger partial charge < -0.3 is 14.7 Å². The molecular formula is C14H23NO4. The fraction of sp³-hybridized carbons (Fsp3) is 0.857. The first-order valence-electron chi connectivity index (χ1n) is 7.22. The molecule has 1 aliphatic carbocycles. The average Bonchev–Trinajstić information content (AvgIpc) is 2.88. The van der Waals surface area contributed by atoms with Crippen LogP contribution in [0, 0.1) is 5.92 Å². The number of carboxylic acid groups (broad SMARTS) is 1. The van der Waals surface area contributed by atoms with Gasteiger partial charge in [-0.15, -0.1) is 0 Å². The van der Waals surface area contributed by atoms with Crippen LogP contribution in [0.5, 0.6) is 0 Å². The van der Waals surface area contributed by atoms with Gasteiger partial charge in [0.25, 0.3) is 0 Å². The van der Waals surface area contributed by atoms with E-state index in [1.165, 1.54) is 4.90 Å². The molecule has 0 aromatic heterocycles. The number of likely N-dealkylation sites (tertiary alicyclic amines) is 1. The van der Waals surface area contributed by atoms with E-state index in [0.717, 1.165) is 32.1 Å². The van der Waals surface area contributed by atoms with Crippen LogP contribution >= 0.6 is 0 Å². The minimum atomic E-state index is -0.902. The molecule has 1 saturated carbocycles. The van der Waals surface area contributed by atoms with Gasteiger partial charge in [-0.2, -0.15) is 0 Å². The third-order valence-corrected chi connectivity index (χ3v) is 4.21. The molecule has 1 saturated heterocycles. The second kappa shape index (κ2) is 6.37. The van der Waals surface area contributed by atoms with Crippen LogP contribution in [-0.2, 0) is 14.3 Å². The molecule has 1 heterocycles. The topological polar surface area (TPSA) is 66.8 Å². The summed E-state index contributed by atoms with van der Waals surface area (Å²) in [6.45, 7) is 2.60. The normalized spacial score (nSPS) is 28.6. The molecular weight excluding hydrogens is 246 g/mol. The van der Waals surface area contributed by atoms with Crippen LogP contribution in [-0.4, -0.2) is 47.2 Å². The highest BCUT2D eigenvalue weighted by atomic mass is 16.5. The molecule has 2 atom stereocenters. The van der Waals surface area contributed by atoms with E-state index in [2.05, 4.69) is 0 Å². The molecule has 0 aromatic rings. The molecule has 1 amide bonds. The van der Waals surface area contributed by atoms with E-state index < -0.39 is 12.0 Å². The maximum absolute atomic E-state index is 12.1. The zero-order valence-electron chi connectivity index (χ0n) is 11.5. The molecule has 0 bridgehead atoms. The van der Waals surface area contributed by atoms with Gasteiger partial charge in [0.05, 0.1) is 6.10 Å². The van der Waals surface area contributed by atoms with Crippen molar-refractivity contribution in [2.45, 2.75) is 57.6 Å². The lowest BCUT2D eigenvalue weighted by Gasteiger charge is -2.36. The Hall–Kier alpha value is -1.10. The number of piperidine rings is 1. The number of rotatable bonds is 4. The molecule has 2 fully saturated rings. The van der Waals surface area contributed by atoms with Gasteiger partial charge in [0, 0.05) is 6.54 Å². The van der Waals surface area contributed by atoms with Crippen molar-refractivity contribution in [2.75, 3.05) is 13.2 Å². The van der Waals surface area contributed by atoms with Gasteiger partial charge in [0.15, 0.2) is 0 Å². The summed E-state index contributed by atoms with van der Waals surface area (Å²) in [6.07, 6.45) is 5.98. The zero-order chi connectivity index (χ0) is 13.8. The number of aliphatic carboxylic acids is 1. The second-order valence-electron chi connectivity index (χ2n) is 5.79. The van der Waals surface area contributed by atoms with Gasteiger partial charge >= 0.3 is 5.97 Å². The van der Waals surface area contributed by atoms with E-state index in [4.69, 9.17) is 4.74 Å². The van der Waals surface area contributed by atoms with E-state index in [1.54, 1.807) is 0 Å². The highest BCUT2D eigenvalue weighted by molar-refractivity contribution is 5.84. The van der Waals surface area contributed by atoms with Gasteiger partial charge in [-0.25, -0.2) is 4.79 Å². The van der Waals surface area contributed by atoms with E-state index in [9.17, 15) is 14.7 Å². The van der Waals surface area contributed by atoms with Gasteiger partial charge in [-0.3, -0.25) is 4.79 Å². The van der Waals surface area contributed by atoms with E-state index in [0.29, 0.717) is 18.9 Å². The van der Waals surface area contributed by atoms with E-state index >= 15 is 0 Å². The summed E-state index contributed by atoms with van der Waals surface area (Å²) < 4.78 is 5.59. The molecule has 0 aromatic carbocycles. The lowest BCUT2D eigenvalue weighted by atomic mass is 9.92. The standard InChI is InChI=1S/C14H23NO4/c1-10-6-7-15(12(8-10)14(17)18)13(16)9-19-11-4-2-3-5-11/h10-12H,2-9H2,1H3,(H,17,18). The van der Waals surface area contributed by atoms with Crippen LogP contribution in [0.1, 0.15) is 45.4 Å². The smallest absolute Gasteiger partial charge is 0.326 e. The van der Waals surface area contributed by atoms with Crippen molar-refractivity contribution in [1.82, 2.24) is 4.90 Å². The largest absolute Gasteiger partial charge is 0.480 e. The highest BCUT2D eigenvalue weighted by Crippen LogP contribution is 2.24. The van der Waals surface area contributed by atoms with E-state index in [1.807, 2.05) is 6.92 Å². The minimum Gasteiger partial charge on any atom is -0.480 e. The number of nitrogens with zero attached hydrogens (tertiary/aromatic N) is 1. The first-order valence-corrected chi connectivity index (χ1v) is 7.22. The molecule has 2 rings (SSSR count). The predicted molar refractivity (Wildman–Crippen MR) is 69.7 cm³/mol. The molecule has 0 spiro atoms. The highest BCUT2D eigenvalue weighted by Gasteiger charge is 2.34. The number of ether oxygens (including phenoxy) is 1. The van der Waals surface area contributed by atoms with Crippen LogP contribution in [0.3, 0.4) is 0 Å². The molecule has 0 radical (unpaired) electrons. The van der Waals surface area contributed by atoms with Crippen molar-refractivity contribution in [3.8, 4) is 0 Å². The average molecular weight is 269 g/mol. The monoisotopic (exact) mass is 269 g/mol. The first-order chi connectivity index (χ1) is 9.08. The Morgan fingerprint density at radius 2 is 1.95 bits per heavy atom. The summed E-state index contributed by atoms with van der Waals surface area (Å²) in [5.41, 5.74) is 0. The van der Waals surface area contributed by atoms with Crippen molar-refractivity contribution in [3.05, 3.63) is 0 Å². The number of carbonyl (C=O) groups excluding carboxylic acids is 1. The number of hydrogen-bond acceptors (Lipinski definition) is 3. The first kappa shape index (κ1) is 14.3. The SMILES string of the molecule is CC1CCN(C(=O)COC2CCCC2)C(C(=O)O)C1. The van der Waals surface area contributed by atoms with Gasteiger partial charge in [0.2, 0.25) is 5.91 Å². The number of carbonyl (C=O) groups is 2. The number of amides is 1. The van der Waals surface area contributed by atoms with Crippen molar-refractivity contribution in [2.24, 2.45) is 5.92 Å². The van der Waals surface area contributed by atoms with Crippen molar-refractivity contribution < 1.29 is 19.4 Å². The maximum Gasteiger partial charge on any atom is 0.326 e. The van der Waals surface area contributed by atoms with Crippen molar-refractivity contribution >= 4 is 11.9 Å². The molecule has 5 heteroatoms. The van der Waals surface area contributed by atoms with Crippen molar-refractivity contribution in [3.63, 3.8) is 0 Å². The quantitative estimate of drug-likeness (QED) is 0.843. The van der Waals surface area contributed by atoms with Crippen molar-refractivity contribution in [1.29, 1.82) is 0 Å². The molecule has 2 aliphatic rings. The molecule has 1 aliphatic heterocycles. The summed E-state index contributed by atoms with van der Waals surface area (Å²) in [5, 5.41) is 9.22. The van der Waals surface area contributed by atoms with Crippen LogP contribution in [0.15, 0.2) is 0 Å². The predicted octanol–water partition coefficient (Wildman–Crippen LogP) is 1.66. The number of carboxylic acids is 1. The molecule has 108 valence electrons. The third kappa shape index (κ3) is 3.69. The number of hydrogen-bond donors (Lipinski definition) is 1. The maximum atomic E-state index is 12.1. The Morgan fingerprint density at radius 1 is 1.26 bits per heavy atom. The Bertz CT molecular complexity index is 338. The van der Waals surface area contributed by atoms with Crippen LogP contribution < -0.4 is 0 Å². The zero-order valence-corrected chi connectivity index (χ0v) is 11.5. The summed E-state index contributed by atoms with van der Waals surface area (Å²) in [5.74, 6) is -0.715.